The lowest BCUT2D eigenvalue weighted by atomic mass is 9.82. The molecule has 0 aromatic heterocycles. The molecule has 1 fully saturated rings. The monoisotopic (exact) mass is 456 g/mol. The maximum Gasteiger partial charge on any atom is 0.229 e. The van der Waals surface area contributed by atoms with Crippen molar-refractivity contribution in [1.82, 2.24) is 0 Å². The third-order valence-corrected chi connectivity index (χ3v) is 6.27. The van der Waals surface area contributed by atoms with Crippen molar-refractivity contribution in [3.8, 4) is 5.75 Å². The van der Waals surface area contributed by atoms with Gasteiger partial charge in [-0.15, -0.1) is 0 Å². The van der Waals surface area contributed by atoms with Crippen molar-refractivity contribution >= 4 is 29.0 Å². The molecule has 1 heterocycles. The normalized spacial score (nSPS) is 17.9. The number of carbonyl (C=O) groups is 3. The average Bonchev–Trinajstić information content (AvgIpc) is 2.84. The summed E-state index contributed by atoms with van der Waals surface area (Å²) in [6.45, 7) is 3.46. The molecule has 6 heteroatoms. The fourth-order valence-corrected chi connectivity index (χ4v) is 4.57. The number of hydrogen-bond acceptors (Lipinski definition) is 4. The van der Waals surface area contributed by atoms with E-state index in [0.717, 1.165) is 16.8 Å². The van der Waals surface area contributed by atoms with Crippen LogP contribution in [-0.2, 0) is 9.59 Å². The summed E-state index contributed by atoms with van der Waals surface area (Å²) in [5, 5.41) is 2.96. The van der Waals surface area contributed by atoms with Crippen LogP contribution in [0, 0.1) is 12.8 Å². The number of rotatable bonds is 6. The van der Waals surface area contributed by atoms with Gasteiger partial charge < -0.3 is 15.0 Å². The second-order valence-corrected chi connectivity index (χ2v) is 8.52. The number of hydrogen-bond donors (Lipinski definition) is 1. The van der Waals surface area contributed by atoms with Gasteiger partial charge in [0, 0.05) is 23.2 Å². The van der Waals surface area contributed by atoms with E-state index in [1.165, 1.54) is 6.92 Å². The summed E-state index contributed by atoms with van der Waals surface area (Å²) in [4.78, 5) is 40.7. The number of carbonyl (C=O) groups excluding carboxylic acids is 3. The van der Waals surface area contributed by atoms with E-state index in [2.05, 4.69) is 5.32 Å². The van der Waals surface area contributed by atoms with Crippen molar-refractivity contribution in [2.75, 3.05) is 17.3 Å². The number of benzene rings is 3. The highest BCUT2D eigenvalue weighted by molar-refractivity contribution is 6.05. The first-order valence-electron chi connectivity index (χ1n) is 11.3. The first-order chi connectivity index (χ1) is 16.4. The zero-order chi connectivity index (χ0) is 24.2. The molecule has 0 saturated carbocycles. The number of nitrogens with zero attached hydrogens (tertiary/aromatic N) is 1. The van der Waals surface area contributed by atoms with Crippen LogP contribution in [0.3, 0.4) is 0 Å². The number of para-hydroxylation sites is 2. The summed E-state index contributed by atoms with van der Waals surface area (Å²) in [6.07, 6.45) is 0.629. The quantitative estimate of drug-likeness (QED) is 0.509. The SMILES string of the molecule is COc1ccccc1C1C(C(=O)Nc2ccccc2C(C)=O)CCC(=O)N1c1ccc(C)cc1. The van der Waals surface area contributed by atoms with E-state index in [0.29, 0.717) is 23.4 Å². The molecule has 0 aliphatic carbocycles. The Bertz CT molecular complexity index is 1220. The van der Waals surface area contributed by atoms with Gasteiger partial charge in [-0.1, -0.05) is 48.0 Å². The molecule has 1 aliphatic rings. The maximum absolute atomic E-state index is 13.7. The maximum atomic E-state index is 13.7. The van der Waals surface area contributed by atoms with Gasteiger partial charge in [0.25, 0.3) is 0 Å². The Morgan fingerprint density at radius 1 is 0.971 bits per heavy atom. The number of aryl methyl sites for hydroxylation is 1. The number of nitrogens with one attached hydrogen (secondary N) is 1. The van der Waals surface area contributed by atoms with Crippen molar-refractivity contribution in [3.63, 3.8) is 0 Å². The Morgan fingerprint density at radius 3 is 2.35 bits per heavy atom. The van der Waals surface area contributed by atoms with E-state index in [1.54, 1.807) is 36.3 Å². The fraction of sp³-hybridized carbons (Fsp3) is 0.250. The Hall–Kier alpha value is -3.93. The molecule has 1 aliphatic heterocycles. The molecule has 4 rings (SSSR count). The molecular formula is C28H28N2O4. The molecular weight excluding hydrogens is 428 g/mol. The summed E-state index contributed by atoms with van der Waals surface area (Å²) in [5.74, 6) is -0.351. The minimum absolute atomic E-state index is 0.0482. The highest BCUT2D eigenvalue weighted by Gasteiger charge is 2.42. The van der Waals surface area contributed by atoms with Gasteiger partial charge in [-0.2, -0.15) is 0 Å². The lowest BCUT2D eigenvalue weighted by Crippen LogP contribution is -2.47. The van der Waals surface area contributed by atoms with Crippen molar-refractivity contribution in [2.24, 2.45) is 5.92 Å². The third kappa shape index (κ3) is 4.57. The van der Waals surface area contributed by atoms with Crippen molar-refractivity contribution in [2.45, 2.75) is 32.7 Å². The molecule has 34 heavy (non-hydrogen) atoms. The Morgan fingerprint density at radius 2 is 1.65 bits per heavy atom. The average molecular weight is 457 g/mol. The predicted molar refractivity (Wildman–Crippen MR) is 132 cm³/mol. The highest BCUT2D eigenvalue weighted by atomic mass is 16.5. The van der Waals surface area contributed by atoms with Crippen LogP contribution < -0.4 is 15.0 Å². The predicted octanol–water partition coefficient (Wildman–Crippen LogP) is 5.33. The first kappa shape index (κ1) is 23.2. The molecule has 2 amide bonds. The Balaban J connectivity index is 1.79. The molecule has 3 aromatic rings. The van der Waals surface area contributed by atoms with E-state index in [1.807, 2.05) is 55.5 Å². The molecule has 2 atom stereocenters. The lowest BCUT2D eigenvalue weighted by molar-refractivity contribution is -0.126. The minimum atomic E-state index is -0.565. The smallest absolute Gasteiger partial charge is 0.229 e. The zero-order valence-corrected chi connectivity index (χ0v) is 19.6. The van der Waals surface area contributed by atoms with E-state index >= 15 is 0 Å². The molecule has 0 bridgehead atoms. The standard InChI is InChI=1S/C28H28N2O4/c1-18-12-14-20(15-13-18)30-26(32)17-16-23(27(30)22-9-5-7-11-25(22)34-3)28(33)29-24-10-6-4-8-21(24)19(2)31/h4-15,23,27H,16-17H2,1-3H3,(H,29,33). The highest BCUT2D eigenvalue weighted by Crippen LogP contribution is 2.43. The van der Waals surface area contributed by atoms with Crippen LogP contribution in [0.15, 0.2) is 72.8 Å². The Labute approximate surface area is 199 Å². The number of methoxy groups -OCH3 is 1. The van der Waals surface area contributed by atoms with Crippen molar-refractivity contribution < 1.29 is 19.1 Å². The van der Waals surface area contributed by atoms with Crippen LogP contribution in [0.4, 0.5) is 11.4 Å². The van der Waals surface area contributed by atoms with Gasteiger partial charge in [-0.25, -0.2) is 0 Å². The molecule has 0 spiro atoms. The van der Waals surface area contributed by atoms with E-state index in [9.17, 15) is 14.4 Å². The molecule has 1 N–H and O–H groups in total. The van der Waals surface area contributed by atoms with Gasteiger partial charge >= 0.3 is 0 Å². The van der Waals surface area contributed by atoms with Gasteiger partial charge in [0.05, 0.1) is 24.8 Å². The van der Waals surface area contributed by atoms with Crippen molar-refractivity contribution in [1.29, 1.82) is 0 Å². The second kappa shape index (κ2) is 9.91. The van der Waals surface area contributed by atoms with Crippen molar-refractivity contribution in [3.05, 3.63) is 89.5 Å². The van der Waals surface area contributed by atoms with Gasteiger partial charge in [0.1, 0.15) is 5.75 Å². The number of anilines is 2. The number of Topliss-reactive ketones (excluding diaryl/α,β-unsaturated/α-hetero) is 1. The van der Waals surface area contributed by atoms with E-state index in [-0.39, 0.29) is 24.0 Å². The molecule has 2 unspecified atom stereocenters. The summed E-state index contributed by atoms with van der Waals surface area (Å²) in [5.41, 5.74) is 3.49. The number of amides is 2. The Kier molecular flexibility index (Phi) is 6.77. The van der Waals surface area contributed by atoms with Crippen LogP contribution >= 0.6 is 0 Å². The molecule has 1 saturated heterocycles. The van der Waals surface area contributed by atoms with E-state index < -0.39 is 12.0 Å². The van der Waals surface area contributed by atoms with E-state index in [4.69, 9.17) is 4.74 Å². The lowest BCUT2D eigenvalue weighted by Gasteiger charge is -2.41. The van der Waals surface area contributed by atoms with Gasteiger partial charge in [0.2, 0.25) is 11.8 Å². The summed E-state index contributed by atoms with van der Waals surface area (Å²) >= 11 is 0. The van der Waals surface area contributed by atoms with Gasteiger partial charge in [0.15, 0.2) is 5.78 Å². The zero-order valence-electron chi connectivity index (χ0n) is 19.6. The molecule has 0 radical (unpaired) electrons. The van der Waals surface area contributed by atoms with Crippen LogP contribution in [0.1, 0.15) is 47.3 Å². The molecule has 6 nitrogen and oxygen atoms in total. The number of ether oxygens (including phenoxy) is 1. The topological polar surface area (TPSA) is 75.7 Å². The van der Waals surface area contributed by atoms with Crippen LogP contribution in [0.25, 0.3) is 0 Å². The molecule has 174 valence electrons. The van der Waals surface area contributed by atoms with Crippen LogP contribution in [-0.4, -0.2) is 24.7 Å². The van der Waals surface area contributed by atoms with Gasteiger partial charge in [-0.05, 0) is 50.6 Å². The summed E-state index contributed by atoms with van der Waals surface area (Å²) < 4.78 is 5.62. The van der Waals surface area contributed by atoms with Crippen LogP contribution in [0.5, 0.6) is 5.75 Å². The molecule has 3 aromatic carbocycles. The second-order valence-electron chi connectivity index (χ2n) is 8.52. The minimum Gasteiger partial charge on any atom is -0.496 e. The number of piperidine rings is 1. The first-order valence-corrected chi connectivity index (χ1v) is 11.3. The summed E-state index contributed by atoms with van der Waals surface area (Å²) in [6, 6.07) is 21.6. The van der Waals surface area contributed by atoms with Gasteiger partial charge in [-0.3, -0.25) is 14.4 Å². The fourth-order valence-electron chi connectivity index (χ4n) is 4.57. The van der Waals surface area contributed by atoms with Crippen LogP contribution in [0.2, 0.25) is 0 Å². The summed E-state index contributed by atoms with van der Waals surface area (Å²) in [7, 11) is 1.58. The number of ketones is 1. The largest absolute Gasteiger partial charge is 0.496 e. The third-order valence-electron chi connectivity index (χ3n) is 6.27.